The monoisotopic (exact) mass is 421 g/mol. The van der Waals surface area contributed by atoms with Crippen molar-refractivity contribution >= 4 is 40.4 Å². The van der Waals surface area contributed by atoms with Gasteiger partial charge in [-0.3, -0.25) is 9.59 Å². The molecule has 5 nitrogen and oxygen atoms in total. The van der Waals surface area contributed by atoms with Gasteiger partial charge in [-0.2, -0.15) is 5.26 Å². The maximum absolute atomic E-state index is 13.0. The van der Waals surface area contributed by atoms with Gasteiger partial charge in [0.2, 0.25) is 0 Å². The predicted octanol–water partition coefficient (Wildman–Crippen LogP) is 4.88. The van der Waals surface area contributed by atoms with Crippen LogP contribution in [0.2, 0.25) is 4.34 Å². The average Bonchev–Trinajstić information content (AvgIpc) is 3.28. The minimum absolute atomic E-state index is 0.110. The highest BCUT2D eigenvalue weighted by Crippen LogP contribution is 2.31. The molecule has 0 aliphatic carbocycles. The van der Waals surface area contributed by atoms with Gasteiger partial charge in [-0.1, -0.05) is 48.0 Å². The smallest absolute Gasteiger partial charge is 0.265 e. The van der Waals surface area contributed by atoms with Gasteiger partial charge in [-0.05, 0) is 34.9 Å². The van der Waals surface area contributed by atoms with Gasteiger partial charge in [-0.15, -0.1) is 11.3 Å². The molecule has 0 bridgehead atoms. The van der Waals surface area contributed by atoms with Crippen molar-refractivity contribution < 1.29 is 9.59 Å². The molecule has 144 valence electrons. The standard InChI is InChI=1S/C22H16ClN3O2S/c23-19-9-8-18(29-19)21(27)25-17-3-1-2-16-13-26(22(28)20(16)17)12-15-6-4-14(5-7-15)10-11-24/h1-9H,10,12-13H2,(H,25,27). The summed E-state index contributed by atoms with van der Waals surface area (Å²) in [5.74, 6) is -0.393. The summed E-state index contributed by atoms with van der Waals surface area (Å²) in [6.45, 7) is 0.955. The number of rotatable bonds is 5. The van der Waals surface area contributed by atoms with E-state index in [1.54, 1.807) is 23.1 Å². The molecule has 1 aliphatic heterocycles. The van der Waals surface area contributed by atoms with Gasteiger partial charge in [-0.25, -0.2) is 0 Å². The van der Waals surface area contributed by atoms with Gasteiger partial charge in [0.15, 0.2) is 0 Å². The Morgan fingerprint density at radius 2 is 1.90 bits per heavy atom. The summed E-state index contributed by atoms with van der Waals surface area (Å²) in [5, 5.41) is 11.6. The number of anilines is 1. The SMILES string of the molecule is N#CCc1ccc(CN2Cc3cccc(NC(=O)c4ccc(Cl)s4)c3C2=O)cc1. The second-order valence-electron chi connectivity index (χ2n) is 6.71. The lowest BCUT2D eigenvalue weighted by molar-refractivity contribution is 0.0767. The normalized spacial score (nSPS) is 12.6. The summed E-state index contributed by atoms with van der Waals surface area (Å²) >= 11 is 7.10. The molecule has 0 atom stereocenters. The summed E-state index contributed by atoms with van der Waals surface area (Å²) < 4.78 is 0.538. The zero-order chi connectivity index (χ0) is 20.4. The van der Waals surface area contributed by atoms with Gasteiger partial charge < -0.3 is 10.2 Å². The molecular weight excluding hydrogens is 406 g/mol. The van der Waals surface area contributed by atoms with Crippen molar-refractivity contribution in [2.45, 2.75) is 19.5 Å². The molecule has 1 aromatic heterocycles. The molecule has 0 saturated carbocycles. The lowest BCUT2D eigenvalue weighted by atomic mass is 10.1. The predicted molar refractivity (Wildman–Crippen MR) is 113 cm³/mol. The Morgan fingerprint density at radius 3 is 2.59 bits per heavy atom. The number of amides is 2. The Bertz CT molecular complexity index is 1130. The number of carbonyl (C=O) groups is 2. The Morgan fingerprint density at radius 1 is 1.14 bits per heavy atom. The lowest BCUT2D eigenvalue weighted by Gasteiger charge is -2.16. The summed E-state index contributed by atoms with van der Waals surface area (Å²) in [4.78, 5) is 27.8. The van der Waals surface area contributed by atoms with E-state index in [-0.39, 0.29) is 11.8 Å². The fourth-order valence-corrected chi connectivity index (χ4v) is 4.28. The number of nitriles is 1. The molecule has 0 unspecified atom stereocenters. The minimum Gasteiger partial charge on any atom is -0.330 e. The molecule has 7 heteroatoms. The van der Waals surface area contributed by atoms with E-state index in [9.17, 15) is 9.59 Å². The Hall–Kier alpha value is -3.14. The Kier molecular flexibility index (Phi) is 5.34. The van der Waals surface area contributed by atoms with Crippen LogP contribution >= 0.6 is 22.9 Å². The molecule has 2 heterocycles. The highest BCUT2D eigenvalue weighted by molar-refractivity contribution is 7.18. The fourth-order valence-electron chi connectivity index (χ4n) is 3.35. The van der Waals surface area contributed by atoms with Crippen LogP contribution in [0.1, 0.15) is 36.7 Å². The number of fused-ring (bicyclic) bond motifs is 1. The molecule has 2 amide bonds. The molecule has 4 rings (SSSR count). The Balaban J connectivity index is 1.52. The summed E-state index contributed by atoms with van der Waals surface area (Å²) in [5.41, 5.74) is 3.87. The van der Waals surface area contributed by atoms with Crippen molar-refractivity contribution in [1.82, 2.24) is 4.90 Å². The topological polar surface area (TPSA) is 73.2 Å². The maximum atomic E-state index is 13.0. The van der Waals surface area contributed by atoms with E-state index in [0.717, 1.165) is 16.7 Å². The number of halogens is 1. The van der Waals surface area contributed by atoms with Crippen LogP contribution in [-0.2, 0) is 19.5 Å². The summed E-state index contributed by atoms with van der Waals surface area (Å²) in [6, 6.07) is 18.6. The third-order valence-corrected chi connectivity index (χ3v) is 5.97. The third-order valence-electron chi connectivity index (χ3n) is 4.74. The molecule has 0 spiro atoms. The zero-order valence-corrected chi connectivity index (χ0v) is 16.9. The van der Waals surface area contributed by atoms with Crippen molar-refractivity contribution in [3.63, 3.8) is 0 Å². The van der Waals surface area contributed by atoms with Crippen LogP contribution in [0, 0.1) is 11.3 Å². The van der Waals surface area contributed by atoms with E-state index < -0.39 is 0 Å². The molecule has 1 N–H and O–H groups in total. The number of benzene rings is 2. The van der Waals surface area contributed by atoms with E-state index in [4.69, 9.17) is 16.9 Å². The van der Waals surface area contributed by atoms with Crippen LogP contribution in [0.25, 0.3) is 0 Å². The number of nitrogens with zero attached hydrogens (tertiary/aromatic N) is 2. The first-order valence-corrected chi connectivity index (χ1v) is 10.2. The number of carbonyl (C=O) groups excluding carboxylic acids is 2. The largest absolute Gasteiger partial charge is 0.330 e. The molecule has 2 aromatic carbocycles. The lowest BCUT2D eigenvalue weighted by Crippen LogP contribution is -2.24. The summed E-state index contributed by atoms with van der Waals surface area (Å²) in [7, 11) is 0. The Labute approximate surface area is 177 Å². The van der Waals surface area contributed by atoms with E-state index >= 15 is 0 Å². The molecule has 0 radical (unpaired) electrons. The second-order valence-corrected chi connectivity index (χ2v) is 8.43. The van der Waals surface area contributed by atoms with Gasteiger partial charge in [0.25, 0.3) is 11.8 Å². The number of nitrogens with one attached hydrogen (secondary N) is 1. The average molecular weight is 422 g/mol. The van der Waals surface area contributed by atoms with Gasteiger partial charge in [0.05, 0.1) is 33.0 Å². The molecule has 3 aromatic rings. The highest BCUT2D eigenvalue weighted by atomic mass is 35.5. The van der Waals surface area contributed by atoms with Crippen molar-refractivity contribution in [2.24, 2.45) is 0 Å². The van der Waals surface area contributed by atoms with Gasteiger partial charge in [0.1, 0.15) is 0 Å². The van der Waals surface area contributed by atoms with E-state index in [1.807, 2.05) is 36.4 Å². The second kappa shape index (κ2) is 8.08. The quantitative estimate of drug-likeness (QED) is 0.638. The highest BCUT2D eigenvalue weighted by Gasteiger charge is 2.30. The van der Waals surface area contributed by atoms with Crippen LogP contribution in [0.3, 0.4) is 0 Å². The first-order valence-electron chi connectivity index (χ1n) is 8.98. The van der Waals surface area contributed by atoms with Crippen LogP contribution in [0.4, 0.5) is 5.69 Å². The summed E-state index contributed by atoms with van der Waals surface area (Å²) in [6.07, 6.45) is 0.368. The zero-order valence-electron chi connectivity index (χ0n) is 15.3. The van der Waals surface area contributed by atoms with Gasteiger partial charge in [0, 0.05) is 13.1 Å². The molecule has 1 aliphatic rings. The van der Waals surface area contributed by atoms with E-state index in [2.05, 4.69) is 11.4 Å². The van der Waals surface area contributed by atoms with E-state index in [0.29, 0.717) is 40.0 Å². The van der Waals surface area contributed by atoms with Crippen molar-refractivity contribution in [3.05, 3.63) is 86.1 Å². The van der Waals surface area contributed by atoms with Crippen LogP contribution in [0.15, 0.2) is 54.6 Å². The van der Waals surface area contributed by atoms with Gasteiger partial charge >= 0.3 is 0 Å². The van der Waals surface area contributed by atoms with Crippen LogP contribution in [0.5, 0.6) is 0 Å². The van der Waals surface area contributed by atoms with E-state index in [1.165, 1.54) is 11.3 Å². The number of hydrogen-bond acceptors (Lipinski definition) is 4. The van der Waals surface area contributed by atoms with Crippen molar-refractivity contribution in [1.29, 1.82) is 5.26 Å². The van der Waals surface area contributed by atoms with Crippen LogP contribution < -0.4 is 5.32 Å². The molecular formula is C22H16ClN3O2S. The van der Waals surface area contributed by atoms with Crippen molar-refractivity contribution in [2.75, 3.05) is 5.32 Å². The molecule has 0 saturated heterocycles. The van der Waals surface area contributed by atoms with Crippen LogP contribution in [-0.4, -0.2) is 16.7 Å². The first-order chi connectivity index (χ1) is 14.0. The third kappa shape index (κ3) is 4.02. The molecule has 0 fully saturated rings. The minimum atomic E-state index is -0.283. The first kappa shape index (κ1) is 19.2. The number of hydrogen-bond donors (Lipinski definition) is 1. The fraction of sp³-hybridized carbons (Fsp3) is 0.136. The maximum Gasteiger partial charge on any atom is 0.265 e. The molecule has 29 heavy (non-hydrogen) atoms. The van der Waals surface area contributed by atoms with Crippen molar-refractivity contribution in [3.8, 4) is 6.07 Å². The number of thiophene rings is 1.